The molecule has 0 amide bonds. The zero-order chi connectivity index (χ0) is 15.9. The van der Waals surface area contributed by atoms with E-state index in [1.165, 1.54) is 12.1 Å². The predicted octanol–water partition coefficient (Wildman–Crippen LogP) is 3.21. The fourth-order valence-corrected chi connectivity index (χ4v) is 1.83. The molecule has 0 unspecified atom stereocenters. The van der Waals surface area contributed by atoms with Crippen molar-refractivity contribution in [2.45, 2.75) is 13.2 Å². The van der Waals surface area contributed by atoms with Gasteiger partial charge in [0.05, 0.1) is 6.61 Å². The fraction of sp³-hybridized carbons (Fsp3) is 0.118. The normalized spacial score (nSPS) is 10.9. The van der Waals surface area contributed by atoms with Crippen molar-refractivity contribution in [3.05, 3.63) is 76.9 Å². The van der Waals surface area contributed by atoms with E-state index in [0.717, 1.165) is 18.2 Å². The van der Waals surface area contributed by atoms with E-state index in [1.807, 2.05) is 0 Å². The van der Waals surface area contributed by atoms with Gasteiger partial charge in [0.15, 0.2) is 11.6 Å². The van der Waals surface area contributed by atoms with E-state index in [2.05, 4.69) is 0 Å². The highest BCUT2D eigenvalue weighted by molar-refractivity contribution is 5.87. The van der Waals surface area contributed by atoms with Crippen LogP contribution in [0.3, 0.4) is 0 Å². The highest BCUT2D eigenvalue weighted by Gasteiger charge is 2.04. The lowest BCUT2D eigenvalue weighted by Crippen LogP contribution is -2.03. The number of carbonyl (C=O) groups is 1. The molecule has 0 spiro atoms. The van der Waals surface area contributed by atoms with Gasteiger partial charge in [0.25, 0.3) is 0 Å². The molecule has 3 nitrogen and oxygen atoms in total. The largest absolute Gasteiger partial charge is 0.458 e. The molecule has 114 valence electrons. The smallest absolute Gasteiger partial charge is 0.331 e. The fourth-order valence-electron chi connectivity index (χ4n) is 1.83. The van der Waals surface area contributed by atoms with E-state index in [9.17, 15) is 13.6 Å². The molecule has 0 atom stereocenters. The first-order chi connectivity index (χ1) is 10.6. The van der Waals surface area contributed by atoms with Crippen LogP contribution in [0.25, 0.3) is 6.08 Å². The van der Waals surface area contributed by atoms with Gasteiger partial charge in [-0.15, -0.1) is 0 Å². The summed E-state index contributed by atoms with van der Waals surface area (Å²) in [5.74, 6) is -2.54. The van der Waals surface area contributed by atoms with Crippen molar-refractivity contribution >= 4 is 12.0 Å². The van der Waals surface area contributed by atoms with Gasteiger partial charge in [-0.25, -0.2) is 13.6 Å². The second-order valence-electron chi connectivity index (χ2n) is 4.54. The topological polar surface area (TPSA) is 46.5 Å². The molecule has 0 saturated carbocycles. The van der Waals surface area contributed by atoms with Crippen molar-refractivity contribution in [3.8, 4) is 0 Å². The van der Waals surface area contributed by atoms with Gasteiger partial charge in [-0.3, -0.25) is 0 Å². The summed E-state index contributed by atoms with van der Waals surface area (Å²) in [4.78, 5) is 11.6. The van der Waals surface area contributed by atoms with Gasteiger partial charge in [0.2, 0.25) is 0 Å². The van der Waals surface area contributed by atoms with Crippen molar-refractivity contribution in [3.63, 3.8) is 0 Å². The first kappa shape index (κ1) is 15.9. The zero-order valence-electron chi connectivity index (χ0n) is 11.6. The molecule has 0 aliphatic rings. The summed E-state index contributed by atoms with van der Waals surface area (Å²) >= 11 is 0. The third-order valence-corrected chi connectivity index (χ3v) is 3.01. The summed E-state index contributed by atoms with van der Waals surface area (Å²) in [7, 11) is 0. The molecule has 1 N–H and O–H groups in total. The Labute approximate surface area is 126 Å². The molecule has 0 aromatic heterocycles. The number of carbonyl (C=O) groups excluding carboxylic acids is 1. The highest BCUT2D eigenvalue weighted by atomic mass is 19.2. The molecule has 0 fully saturated rings. The van der Waals surface area contributed by atoms with Crippen LogP contribution in [-0.4, -0.2) is 11.1 Å². The maximum Gasteiger partial charge on any atom is 0.331 e. The SMILES string of the molecule is O=C(C=Cc1ccc(F)c(F)c1)OCc1ccccc1CO. The highest BCUT2D eigenvalue weighted by Crippen LogP contribution is 2.12. The van der Waals surface area contributed by atoms with Crippen molar-refractivity contribution in [1.82, 2.24) is 0 Å². The van der Waals surface area contributed by atoms with Crippen molar-refractivity contribution in [2.75, 3.05) is 0 Å². The molecular weight excluding hydrogens is 290 g/mol. The van der Waals surface area contributed by atoms with E-state index in [0.29, 0.717) is 16.7 Å². The van der Waals surface area contributed by atoms with Crippen LogP contribution < -0.4 is 0 Å². The summed E-state index contributed by atoms with van der Waals surface area (Å²) < 4.78 is 30.8. The quantitative estimate of drug-likeness (QED) is 0.681. The lowest BCUT2D eigenvalue weighted by Gasteiger charge is -2.06. The Kier molecular flexibility index (Phi) is 5.38. The maximum atomic E-state index is 13.0. The number of aliphatic hydroxyl groups is 1. The summed E-state index contributed by atoms with van der Waals surface area (Å²) in [6, 6.07) is 10.4. The minimum atomic E-state index is -0.979. The first-order valence-corrected chi connectivity index (χ1v) is 6.57. The molecule has 2 aromatic rings. The van der Waals surface area contributed by atoms with Crippen LogP contribution >= 0.6 is 0 Å². The summed E-state index contributed by atoms with van der Waals surface area (Å²) in [5.41, 5.74) is 1.74. The molecular formula is C17H14F2O3. The lowest BCUT2D eigenvalue weighted by molar-refractivity contribution is -0.138. The standard InChI is InChI=1S/C17H14F2O3/c18-15-7-5-12(9-16(15)19)6-8-17(21)22-11-14-4-2-1-3-13(14)10-20/h1-9,20H,10-11H2. The van der Waals surface area contributed by atoms with Crippen LogP contribution in [0.4, 0.5) is 8.78 Å². The molecule has 2 aromatic carbocycles. The molecule has 0 heterocycles. The Morgan fingerprint density at radius 2 is 1.82 bits per heavy atom. The van der Waals surface area contributed by atoms with E-state index < -0.39 is 17.6 Å². The molecule has 0 aliphatic heterocycles. The van der Waals surface area contributed by atoms with E-state index >= 15 is 0 Å². The summed E-state index contributed by atoms with van der Waals surface area (Å²) in [6.07, 6.45) is 2.47. The number of halogens is 2. The Bertz CT molecular complexity index is 696. The van der Waals surface area contributed by atoms with Gasteiger partial charge in [0.1, 0.15) is 6.61 Å². The molecule has 2 rings (SSSR count). The Morgan fingerprint density at radius 1 is 1.09 bits per heavy atom. The monoisotopic (exact) mass is 304 g/mol. The number of rotatable bonds is 5. The molecule has 22 heavy (non-hydrogen) atoms. The van der Waals surface area contributed by atoms with Crippen LogP contribution in [0.1, 0.15) is 16.7 Å². The first-order valence-electron chi connectivity index (χ1n) is 6.57. The summed E-state index contributed by atoms with van der Waals surface area (Å²) in [6.45, 7) is -0.115. The Morgan fingerprint density at radius 3 is 2.50 bits per heavy atom. The lowest BCUT2D eigenvalue weighted by atomic mass is 10.1. The van der Waals surface area contributed by atoms with Crippen molar-refractivity contribution in [1.29, 1.82) is 0 Å². The molecule has 0 bridgehead atoms. The predicted molar refractivity (Wildman–Crippen MR) is 77.6 cm³/mol. The molecule has 0 radical (unpaired) electrons. The van der Waals surface area contributed by atoms with Gasteiger partial charge in [-0.2, -0.15) is 0 Å². The van der Waals surface area contributed by atoms with Gasteiger partial charge >= 0.3 is 5.97 Å². The molecule has 5 heteroatoms. The second kappa shape index (κ2) is 7.47. The number of hydrogen-bond donors (Lipinski definition) is 1. The van der Waals surface area contributed by atoms with Gasteiger partial charge < -0.3 is 9.84 Å². The van der Waals surface area contributed by atoms with Gasteiger partial charge in [0, 0.05) is 6.08 Å². The Balaban J connectivity index is 1.95. The number of hydrogen-bond acceptors (Lipinski definition) is 3. The molecule has 0 aliphatic carbocycles. The number of esters is 1. The van der Waals surface area contributed by atoms with E-state index in [1.54, 1.807) is 24.3 Å². The van der Waals surface area contributed by atoms with Crippen molar-refractivity contribution in [2.24, 2.45) is 0 Å². The third-order valence-electron chi connectivity index (χ3n) is 3.01. The second-order valence-corrected chi connectivity index (χ2v) is 4.54. The van der Waals surface area contributed by atoms with E-state index in [-0.39, 0.29) is 13.2 Å². The van der Waals surface area contributed by atoms with Crippen LogP contribution in [0.2, 0.25) is 0 Å². The van der Waals surface area contributed by atoms with Crippen LogP contribution in [0, 0.1) is 11.6 Å². The van der Waals surface area contributed by atoms with Crippen LogP contribution in [0.5, 0.6) is 0 Å². The summed E-state index contributed by atoms with van der Waals surface area (Å²) in [5, 5.41) is 9.16. The minimum absolute atomic E-state index is 0.0255. The average Bonchev–Trinajstić information content (AvgIpc) is 2.54. The van der Waals surface area contributed by atoms with Gasteiger partial charge in [-0.05, 0) is 34.9 Å². The average molecular weight is 304 g/mol. The third kappa shape index (κ3) is 4.23. The zero-order valence-corrected chi connectivity index (χ0v) is 11.6. The minimum Gasteiger partial charge on any atom is -0.458 e. The van der Waals surface area contributed by atoms with Crippen LogP contribution in [0.15, 0.2) is 48.5 Å². The number of ether oxygens (including phenoxy) is 1. The van der Waals surface area contributed by atoms with Crippen LogP contribution in [-0.2, 0) is 22.7 Å². The number of aliphatic hydroxyl groups excluding tert-OH is 1. The molecule has 0 saturated heterocycles. The van der Waals surface area contributed by atoms with E-state index in [4.69, 9.17) is 9.84 Å². The number of benzene rings is 2. The maximum absolute atomic E-state index is 13.0. The van der Waals surface area contributed by atoms with Gasteiger partial charge in [-0.1, -0.05) is 30.3 Å². The van der Waals surface area contributed by atoms with Crippen molar-refractivity contribution < 1.29 is 23.4 Å². The Hall–Kier alpha value is -2.53.